The number of nitrogens with one attached hydrogen (secondary N) is 2. The van der Waals surface area contributed by atoms with Gasteiger partial charge in [0, 0.05) is 20.1 Å². The number of nitrogen functional groups attached to an aromatic ring is 1. The summed E-state index contributed by atoms with van der Waals surface area (Å²) in [7, 11) is 3.72. The zero-order valence-electron chi connectivity index (χ0n) is 15.3. The Morgan fingerprint density at radius 2 is 2.00 bits per heavy atom. The monoisotopic (exact) mass is 347 g/mol. The zero-order valence-corrected chi connectivity index (χ0v) is 15.3. The van der Waals surface area contributed by atoms with E-state index in [9.17, 15) is 4.79 Å². The predicted molar refractivity (Wildman–Crippen MR) is 100 cm³/mol. The summed E-state index contributed by atoms with van der Waals surface area (Å²) in [6, 6.07) is 2.20. The van der Waals surface area contributed by atoms with Crippen LogP contribution in [0.25, 0.3) is 0 Å². The third kappa shape index (κ3) is 3.81. The van der Waals surface area contributed by atoms with Crippen molar-refractivity contribution in [2.24, 2.45) is 5.92 Å². The third-order valence-electron chi connectivity index (χ3n) is 5.37. The normalized spacial score (nSPS) is 23.6. The van der Waals surface area contributed by atoms with Crippen molar-refractivity contribution in [3.05, 3.63) is 11.6 Å². The maximum atomic E-state index is 12.9. The highest BCUT2D eigenvalue weighted by atomic mass is 16.5. The van der Waals surface area contributed by atoms with E-state index in [1.807, 2.05) is 11.9 Å². The van der Waals surface area contributed by atoms with Gasteiger partial charge in [-0.25, -0.2) is 4.98 Å². The van der Waals surface area contributed by atoms with E-state index in [-0.39, 0.29) is 18.0 Å². The average Bonchev–Trinajstić information content (AvgIpc) is 2.55. The van der Waals surface area contributed by atoms with Crippen molar-refractivity contribution >= 4 is 23.2 Å². The van der Waals surface area contributed by atoms with Gasteiger partial charge >= 0.3 is 0 Å². The molecule has 25 heavy (non-hydrogen) atoms. The highest BCUT2D eigenvalue weighted by Gasteiger charge is 2.29. The molecule has 1 aliphatic heterocycles. The summed E-state index contributed by atoms with van der Waals surface area (Å²) in [5.74, 6) is 1.89. The first-order valence-corrected chi connectivity index (χ1v) is 9.09. The lowest BCUT2D eigenvalue weighted by molar-refractivity contribution is 0.00983. The summed E-state index contributed by atoms with van der Waals surface area (Å²) in [6.45, 7) is 3.57. The molecule has 0 spiro atoms. The van der Waals surface area contributed by atoms with Gasteiger partial charge in [0.15, 0.2) is 5.82 Å². The number of anilines is 3. The van der Waals surface area contributed by atoms with Crippen LogP contribution in [0.5, 0.6) is 0 Å². The highest BCUT2D eigenvalue weighted by Crippen LogP contribution is 2.29. The molecule has 0 aromatic carbocycles. The van der Waals surface area contributed by atoms with Crippen LogP contribution in [0.4, 0.5) is 17.3 Å². The molecule has 0 bridgehead atoms. The molecule has 2 heterocycles. The molecule has 1 aromatic rings. The van der Waals surface area contributed by atoms with E-state index in [1.54, 1.807) is 13.1 Å². The number of carbonyl (C=O) groups is 1. The maximum absolute atomic E-state index is 12.9. The second kappa shape index (κ2) is 7.47. The number of hydrogen-bond donors (Lipinski definition) is 3. The largest absolute Gasteiger partial charge is 0.396 e. The predicted octanol–water partition coefficient (Wildman–Crippen LogP) is 1.85. The van der Waals surface area contributed by atoms with E-state index in [4.69, 9.17) is 10.5 Å². The van der Waals surface area contributed by atoms with E-state index >= 15 is 0 Å². The first-order chi connectivity index (χ1) is 12.0. The van der Waals surface area contributed by atoms with Gasteiger partial charge in [-0.2, -0.15) is 0 Å². The molecule has 0 atom stereocenters. The van der Waals surface area contributed by atoms with Crippen LogP contribution in [-0.4, -0.2) is 50.3 Å². The molecule has 0 unspecified atom stereocenters. The lowest BCUT2D eigenvalue weighted by Gasteiger charge is -2.36. The van der Waals surface area contributed by atoms with Crippen LogP contribution in [0.3, 0.4) is 0 Å². The van der Waals surface area contributed by atoms with Gasteiger partial charge in [-0.1, -0.05) is 6.92 Å². The summed E-state index contributed by atoms with van der Waals surface area (Å²) in [6.07, 6.45) is 4.39. The SMILES string of the molecule is CNc1nc(N(C)C2COC2)c(C(=O)NC2CCC(C)CC2)cc1N. The summed E-state index contributed by atoms with van der Waals surface area (Å²) in [5, 5.41) is 6.17. The highest BCUT2D eigenvalue weighted by molar-refractivity contribution is 6.00. The Labute approximate surface area is 149 Å². The molecule has 2 fully saturated rings. The first kappa shape index (κ1) is 17.8. The lowest BCUT2D eigenvalue weighted by atomic mass is 9.87. The van der Waals surface area contributed by atoms with E-state index in [1.165, 1.54) is 0 Å². The van der Waals surface area contributed by atoms with Crippen LogP contribution < -0.4 is 21.3 Å². The van der Waals surface area contributed by atoms with Crippen LogP contribution in [0.2, 0.25) is 0 Å². The number of nitrogens with zero attached hydrogens (tertiary/aromatic N) is 2. The average molecular weight is 347 g/mol. The standard InChI is InChI=1S/C18H29N5O2/c1-11-4-6-12(7-5-11)21-18(24)14-8-15(19)16(20-2)22-17(14)23(3)13-9-25-10-13/h8,11-13H,4-7,9-10,19H2,1-3H3,(H,20,22)(H,21,24). The Morgan fingerprint density at radius 3 is 2.56 bits per heavy atom. The fourth-order valence-corrected chi connectivity index (χ4v) is 3.44. The fraction of sp³-hybridized carbons (Fsp3) is 0.667. The van der Waals surface area contributed by atoms with E-state index in [0.717, 1.165) is 31.6 Å². The van der Waals surface area contributed by atoms with E-state index in [0.29, 0.717) is 36.1 Å². The molecule has 1 aliphatic carbocycles. The number of amides is 1. The number of nitrogens with two attached hydrogens (primary N) is 1. The minimum absolute atomic E-state index is 0.0940. The van der Waals surface area contributed by atoms with Gasteiger partial charge < -0.3 is 26.0 Å². The molecule has 1 amide bonds. The van der Waals surface area contributed by atoms with Gasteiger partial charge in [0.05, 0.1) is 30.5 Å². The van der Waals surface area contributed by atoms with Crippen LogP contribution in [-0.2, 0) is 4.74 Å². The molecule has 138 valence electrons. The second-order valence-electron chi connectivity index (χ2n) is 7.28. The lowest BCUT2D eigenvalue weighted by Crippen LogP contribution is -2.48. The molecule has 3 rings (SSSR count). The molecule has 1 aromatic heterocycles. The van der Waals surface area contributed by atoms with Gasteiger partial charge in [0.2, 0.25) is 0 Å². The number of aromatic nitrogens is 1. The van der Waals surface area contributed by atoms with Crippen LogP contribution in [0.1, 0.15) is 43.0 Å². The van der Waals surface area contributed by atoms with Gasteiger partial charge in [-0.05, 0) is 37.7 Å². The zero-order chi connectivity index (χ0) is 18.0. The number of carbonyl (C=O) groups excluding carboxylic acids is 1. The van der Waals surface area contributed by atoms with Crippen molar-refractivity contribution < 1.29 is 9.53 Å². The molecule has 2 aliphatic rings. The number of rotatable bonds is 5. The maximum Gasteiger partial charge on any atom is 0.255 e. The first-order valence-electron chi connectivity index (χ1n) is 9.09. The van der Waals surface area contributed by atoms with Gasteiger partial charge in [-0.15, -0.1) is 0 Å². The Bertz CT molecular complexity index is 624. The molecule has 7 heteroatoms. The van der Waals surface area contributed by atoms with Crippen molar-refractivity contribution in [2.45, 2.75) is 44.7 Å². The van der Waals surface area contributed by atoms with Crippen LogP contribution in [0.15, 0.2) is 6.07 Å². The molecule has 0 radical (unpaired) electrons. The van der Waals surface area contributed by atoms with Gasteiger partial charge in [0.1, 0.15) is 5.82 Å². The van der Waals surface area contributed by atoms with Crippen molar-refractivity contribution in [1.29, 1.82) is 0 Å². The number of likely N-dealkylation sites (N-methyl/N-ethyl adjacent to an activating group) is 1. The smallest absolute Gasteiger partial charge is 0.255 e. The molecule has 1 saturated carbocycles. The van der Waals surface area contributed by atoms with Crippen LogP contribution in [0, 0.1) is 5.92 Å². The van der Waals surface area contributed by atoms with Crippen molar-refractivity contribution in [3.8, 4) is 0 Å². The molecule has 7 nitrogen and oxygen atoms in total. The number of pyridine rings is 1. The van der Waals surface area contributed by atoms with Gasteiger partial charge in [-0.3, -0.25) is 4.79 Å². The topological polar surface area (TPSA) is 92.5 Å². The minimum atomic E-state index is -0.0940. The summed E-state index contributed by atoms with van der Waals surface area (Å²) in [5.41, 5.74) is 7.08. The van der Waals surface area contributed by atoms with E-state index < -0.39 is 0 Å². The Kier molecular flexibility index (Phi) is 5.32. The quantitative estimate of drug-likeness (QED) is 0.753. The Morgan fingerprint density at radius 1 is 1.32 bits per heavy atom. The summed E-state index contributed by atoms with van der Waals surface area (Å²) in [4.78, 5) is 19.5. The van der Waals surface area contributed by atoms with Crippen molar-refractivity contribution in [1.82, 2.24) is 10.3 Å². The molecule has 4 N–H and O–H groups in total. The number of ether oxygens (including phenoxy) is 1. The van der Waals surface area contributed by atoms with Crippen molar-refractivity contribution in [2.75, 3.05) is 43.3 Å². The molecular formula is C18H29N5O2. The molecule has 1 saturated heterocycles. The van der Waals surface area contributed by atoms with Gasteiger partial charge in [0.25, 0.3) is 5.91 Å². The fourth-order valence-electron chi connectivity index (χ4n) is 3.44. The number of hydrogen-bond acceptors (Lipinski definition) is 6. The Balaban J connectivity index is 1.82. The summed E-state index contributed by atoms with van der Waals surface area (Å²) < 4.78 is 5.28. The summed E-state index contributed by atoms with van der Waals surface area (Å²) >= 11 is 0. The minimum Gasteiger partial charge on any atom is -0.396 e. The third-order valence-corrected chi connectivity index (χ3v) is 5.37. The molecular weight excluding hydrogens is 318 g/mol. The Hall–Kier alpha value is -2.02. The van der Waals surface area contributed by atoms with Crippen molar-refractivity contribution in [3.63, 3.8) is 0 Å². The van der Waals surface area contributed by atoms with E-state index in [2.05, 4.69) is 22.5 Å². The van der Waals surface area contributed by atoms with Crippen LogP contribution >= 0.6 is 0 Å². The second-order valence-corrected chi connectivity index (χ2v) is 7.28.